The zero-order valence-electron chi connectivity index (χ0n) is 11.2. The molecule has 0 atom stereocenters. The van der Waals surface area contributed by atoms with Crippen molar-refractivity contribution in [1.29, 1.82) is 0 Å². The Balaban J connectivity index is 1.77. The van der Waals surface area contributed by atoms with Gasteiger partial charge in [0.2, 0.25) is 0 Å². The molecule has 0 fully saturated rings. The molecule has 0 aliphatic rings. The highest BCUT2D eigenvalue weighted by atomic mass is 35.5. The van der Waals surface area contributed by atoms with E-state index in [-0.39, 0.29) is 5.82 Å². The molecule has 0 bridgehead atoms. The van der Waals surface area contributed by atoms with Crippen LogP contribution in [-0.4, -0.2) is 10.1 Å². The quantitative estimate of drug-likeness (QED) is 0.571. The van der Waals surface area contributed by atoms with Crippen LogP contribution in [0.4, 0.5) is 16.0 Å². The van der Waals surface area contributed by atoms with Crippen LogP contribution >= 0.6 is 11.6 Å². The van der Waals surface area contributed by atoms with Crippen LogP contribution in [0.3, 0.4) is 0 Å². The Kier molecular flexibility index (Phi) is 2.94. The van der Waals surface area contributed by atoms with Crippen molar-refractivity contribution in [2.75, 3.05) is 5.32 Å². The lowest BCUT2D eigenvalue weighted by Gasteiger charge is -2.05. The maximum Gasteiger partial charge on any atom is 0.182 e. The van der Waals surface area contributed by atoms with Gasteiger partial charge in [-0.3, -0.25) is 0 Å². The fraction of sp³-hybridized carbons (Fsp3) is 0. The van der Waals surface area contributed by atoms with Crippen molar-refractivity contribution < 1.29 is 8.91 Å². The summed E-state index contributed by atoms with van der Waals surface area (Å²) in [6.45, 7) is 0. The highest BCUT2D eigenvalue weighted by Crippen LogP contribution is 2.28. The van der Waals surface area contributed by atoms with E-state index >= 15 is 0 Å². The van der Waals surface area contributed by atoms with Crippen LogP contribution < -0.4 is 5.32 Å². The Hall–Kier alpha value is -2.66. The Morgan fingerprint density at radius 2 is 2.00 bits per heavy atom. The molecule has 0 unspecified atom stereocenters. The second kappa shape index (κ2) is 4.96. The molecule has 2 heterocycles. The third-order valence-electron chi connectivity index (χ3n) is 3.35. The third-order valence-corrected chi connectivity index (χ3v) is 3.66. The zero-order valence-corrected chi connectivity index (χ0v) is 11.9. The maximum absolute atomic E-state index is 13.2. The molecule has 0 aliphatic carbocycles. The molecule has 2 aromatic heterocycles. The molecule has 6 heteroatoms. The number of anilines is 2. The standard InChI is InChI=1S/C16H9ClFN3O/c17-12-3-1-2-9-4-7-14(19-15(9)12)20-16-11-6-5-10(18)8-13(11)22-21-16/h1-8H,(H,19,20,21). The summed E-state index contributed by atoms with van der Waals surface area (Å²) >= 11 is 6.16. The number of hydrogen-bond acceptors (Lipinski definition) is 4. The lowest BCUT2D eigenvalue weighted by molar-refractivity contribution is 0.458. The van der Waals surface area contributed by atoms with Crippen LogP contribution in [0.25, 0.3) is 21.9 Å². The van der Waals surface area contributed by atoms with Crippen molar-refractivity contribution in [3.05, 3.63) is 59.4 Å². The molecule has 1 N–H and O–H groups in total. The number of rotatable bonds is 2. The van der Waals surface area contributed by atoms with E-state index in [1.165, 1.54) is 12.1 Å². The second-order valence-electron chi connectivity index (χ2n) is 4.80. The lowest BCUT2D eigenvalue weighted by Crippen LogP contribution is -1.94. The van der Waals surface area contributed by atoms with E-state index in [0.29, 0.717) is 33.1 Å². The van der Waals surface area contributed by atoms with Crippen molar-refractivity contribution in [2.45, 2.75) is 0 Å². The van der Waals surface area contributed by atoms with E-state index < -0.39 is 0 Å². The molecule has 0 amide bonds. The first kappa shape index (κ1) is 13.0. The van der Waals surface area contributed by atoms with E-state index in [2.05, 4.69) is 15.5 Å². The number of benzene rings is 2. The van der Waals surface area contributed by atoms with Crippen LogP contribution in [0.1, 0.15) is 0 Å². The van der Waals surface area contributed by atoms with Gasteiger partial charge in [-0.05, 0) is 30.3 Å². The van der Waals surface area contributed by atoms with Crippen LogP contribution in [0.2, 0.25) is 5.02 Å². The zero-order chi connectivity index (χ0) is 15.1. The summed E-state index contributed by atoms with van der Waals surface area (Å²) in [4.78, 5) is 4.48. The number of hydrogen-bond donors (Lipinski definition) is 1. The summed E-state index contributed by atoms with van der Waals surface area (Å²) in [5.74, 6) is 0.694. The molecule has 2 aromatic carbocycles. The predicted octanol–water partition coefficient (Wildman–Crippen LogP) is 4.91. The Bertz CT molecular complexity index is 999. The topological polar surface area (TPSA) is 51.0 Å². The Morgan fingerprint density at radius 3 is 2.91 bits per heavy atom. The fourth-order valence-corrected chi connectivity index (χ4v) is 2.53. The first-order valence-corrected chi connectivity index (χ1v) is 6.96. The first-order valence-electron chi connectivity index (χ1n) is 6.58. The number of fused-ring (bicyclic) bond motifs is 2. The molecule has 0 radical (unpaired) electrons. The number of pyridine rings is 1. The molecule has 0 saturated heterocycles. The number of aromatic nitrogens is 2. The van der Waals surface area contributed by atoms with Gasteiger partial charge in [-0.25, -0.2) is 9.37 Å². The molecular weight excluding hydrogens is 305 g/mol. The molecule has 4 aromatic rings. The average Bonchev–Trinajstić information content (AvgIpc) is 2.90. The van der Waals surface area contributed by atoms with E-state index in [4.69, 9.17) is 16.1 Å². The van der Waals surface area contributed by atoms with Crippen molar-refractivity contribution in [3.8, 4) is 0 Å². The van der Waals surface area contributed by atoms with Crippen molar-refractivity contribution in [3.63, 3.8) is 0 Å². The van der Waals surface area contributed by atoms with Gasteiger partial charge in [0.15, 0.2) is 11.4 Å². The SMILES string of the molecule is Fc1ccc2c(Nc3ccc4cccc(Cl)c4n3)noc2c1. The molecule has 0 aliphatic heterocycles. The van der Waals surface area contributed by atoms with Crippen LogP contribution in [-0.2, 0) is 0 Å². The molecule has 4 rings (SSSR count). The average molecular weight is 314 g/mol. The van der Waals surface area contributed by atoms with Gasteiger partial charge in [-0.1, -0.05) is 28.9 Å². The monoisotopic (exact) mass is 313 g/mol. The number of nitrogens with one attached hydrogen (secondary N) is 1. The molecule has 4 nitrogen and oxygen atoms in total. The van der Waals surface area contributed by atoms with Gasteiger partial charge < -0.3 is 9.84 Å². The largest absolute Gasteiger partial charge is 0.354 e. The van der Waals surface area contributed by atoms with Crippen LogP contribution in [0.5, 0.6) is 0 Å². The highest BCUT2D eigenvalue weighted by molar-refractivity contribution is 6.35. The van der Waals surface area contributed by atoms with Crippen LogP contribution in [0, 0.1) is 5.82 Å². The highest BCUT2D eigenvalue weighted by Gasteiger charge is 2.10. The smallest absolute Gasteiger partial charge is 0.182 e. The van der Waals surface area contributed by atoms with Crippen molar-refractivity contribution in [1.82, 2.24) is 10.1 Å². The molecule has 0 saturated carbocycles. The summed E-state index contributed by atoms with van der Waals surface area (Å²) in [5, 5.41) is 9.19. The summed E-state index contributed by atoms with van der Waals surface area (Å²) in [6, 6.07) is 13.6. The summed E-state index contributed by atoms with van der Waals surface area (Å²) in [6.07, 6.45) is 0. The third kappa shape index (κ3) is 2.16. The van der Waals surface area contributed by atoms with E-state index in [1.807, 2.05) is 24.3 Å². The Morgan fingerprint density at radius 1 is 1.09 bits per heavy atom. The molecule has 22 heavy (non-hydrogen) atoms. The predicted molar refractivity (Wildman–Crippen MR) is 84.0 cm³/mol. The van der Waals surface area contributed by atoms with E-state index in [1.54, 1.807) is 12.1 Å². The number of para-hydroxylation sites is 1. The fourth-order valence-electron chi connectivity index (χ4n) is 2.30. The van der Waals surface area contributed by atoms with Gasteiger partial charge in [-0.15, -0.1) is 0 Å². The normalized spacial score (nSPS) is 11.2. The van der Waals surface area contributed by atoms with Gasteiger partial charge in [0, 0.05) is 11.5 Å². The number of nitrogens with zero attached hydrogens (tertiary/aromatic N) is 2. The van der Waals surface area contributed by atoms with E-state index in [9.17, 15) is 4.39 Å². The molecule has 108 valence electrons. The summed E-state index contributed by atoms with van der Waals surface area (Å²) < 4.78 is 18.3. The second-order valence-corrected chi connectivity index (χ2v) is 5.21. The van der Waals surface area contributed by atoms with Gasteiger partial charge >= 0.3 is 0 Å². The minimum atomic E-state index is -0.370. The van der Waals surface area contributed by atoms with Gasteiger partial charge in [0.05, 0.1) is 15.9 Å². The van der Waals surface area contributed by atoms with Crippen LogP contribution in [0.15, 0.2) is 53.1 Å². The lowest BCUT2D eigenvalue weighted by atomic mass is 10.2. The van der Waals surface area contributed by atoms with Gasteiger partial charge in [0.25, 0.3) is 0 Å². The molecular formula is C16H9ClFN3O. The first-order chi connectivity index (χ1) is 10.7. The van der Waals surface area contributed by atoms with Crippen molar-refractivity contribution >= 4 is 45.1 Å². The maximum atomic E-state index is 13.2. The van der Waals surface area contributed by atoms with Crippen molar-refractivity contribution in [2.24, 2.45) is 0 Å². The minimum absolute atomic E-state index is 0.370. The summed E-state index contributed by atoms with van der Waals surface area (Å²) in [5.41, 5.74) is 1.08. The number of halogens is 2. The Labute approximate surface area is 129 Å². The minimum Gasteiger partial charge on any atom is -0.354 e. The van der Waals surface area contributed by atoms with E-state index in [0.717, 1.165) is 5.39 Å². The summed E-state index contributed by atoms with van der Waals surface area (Å²) in [7, 11) is 0. The van der Waals surface area contributed by atoms with Gasteiger partial charge in [0.1, 0.15) is 11.6 Å². The molecule has 0 spiro atoms. The van der Waals surface area contributed by atoms with Gasteiger partial charge in [-0.2, -0.15) is 0 Å².